The van der Waals surface area contributed by atoms with Gasteiger partial charge in [0.2, 0.25) is 0 Å². The van der Waals surface area contributed by atoms with E-state index in [1.54, 1.807) is 0 Å². The molecule has 13 heavy (non-hydrogen) atoms. The van der Waals surface area contributed by atoms with Gasteiger partial charge in [0.25, 0.3) is 0 Å². The second-order valence-corrected chi connectivity index (χ2v) is 2.84. The predicted octanol–water partition coefficient (Wildman–Crippen LogP) is 5.30. The van der Waals surface area contributed by atoms with Crippen molar-refractivity contribution < 1.29 is 0 Å². The molecular weight excluding hydrogens is 156 g/mol. The molecule has 0 aromatic heterocycles. The van der Waals surface area contributed by atoms with Gasteiger partial charge in [-0.15, -0.1) is 0 Å². The van der Waals surface area contributed by atoms with Crippen LogP contribution in [0.5, 0.6) is 0 Å². The van der Waals surface area contributed by atoms with Crippen LogP contribution in [-0.2, 0) is 0 Å². The summed E-state index contributed by atoms with van der Waals surface area (Å²) >= 11 is 0. The first-order valence-electron chi connectivity index (χ1n) is 5.47. The second kappa shape index (κ2) is 14.3. The van der Waals surface area contributed by atoms with Gasteiger partial charge in [0.1, 0.15) is 0 Å². The Labute approximate surface area is 86.4 Å². The molecule has 82 valence electrons. The molecule has 0 aliphatic heterocycles. The van der Waals surface area contributed by atoms with Crippen LogP contribution in [0.15, 0.2) is 12.2 Å². The summed E-state index contributed by atoms with van der Waals surface area (Å²) < 4.78 is 0. The van der Waals surface area contributed by atoms with Crippen molar-refractivity contribution in [3.05, 3.63) is 12.2 Å². The molecule has 2 unspecified atom stereocenters. The Morgan fingerprint density at radius 2 is 1.46 bits per heavy atom. The Balaban J connectivity index is -0.000000178. The highest BCUT2D eigenvalue weighted by molar-refractivity contribution is 4.93. The van der Waals surface area contributed by atoms with Crippen LogP contribution in [0.4, 0.5) is 0 Å². The monoisotopic (exact) mass is 186 g/mol. The Morgan fingerprint density at radius 1 is 1.00 bits per heavy atom. The number of allylic oxidation sites excluding steroid dienone is 2. The molecule has 0 N–H and O–H groups in total. The Morgan fingerprint density at radius 3 is 1.69 bits per heavy atom. The van der Waals surface area contributed by atoms with E-state index < -0.39 is 0 Å². The molecule has 0 aromatic carbocycles. The third-order valence-corrected chi connectivity index (χ3v) is 2.13. The summed E-state index contributed by atoms with van der Waals surface area (Å²) in [6.07, 6.45) is 7.31. The van der Waals surface area contributed by atoms with Crippen LogP contribution < -0.4 is 0 Å². The summed E-state index contributed by atoms with van der Waals surface area (Å²) in [5.41, 5.74) is 0. The Hall–Kier alpha value is -0.260. The molecule has 2 atom stereocenters. The molecule has 0 saturated heterocycles. The summed E-state index contributed by atoms with van der Waals surface area (Å²) in [6, 6.07) is 0. The van der Waals surface area contributed by atoms with Crippen molar-refractivity contribution in [3.63, 3.8) is 0 Å². The van der Waals surface area contributed by atoms with Gasteiger partial charge >= 0.3 is 0 Å². The van der Waals surface area contributed by atoms with Crippen LogP contribution in [0.3, 0.4) is 0 Å². The molecular formula is C13H30. The van der Waals surface area contributed by atoms with Crippen LogP contribution in [0.2, 0.25) is 0 Å². The Bertz CT molecular complexity index is 92.2. The third-order valence-electron chi connectivity index (χ3n) is 2.13. The van der Waals surface area contributed by atoms with E-state index in [0.29, 0.717) is 0 Å². The lowest BCUT2D eigenvalue weighted by Crippen LogP contribution is -2.07. The number of hydrogen-bond donors (Lipinski definition) is 0. The molecule has 1 aliphatic carbocycles. The van der Waals surface area contributed by atoms with Crippen LogP contribution in [0, 0.1) is 11.8 Å². The molecule has 0 bridgehead atoms. The molecule has 1 rings (SSSR count). The van der Waals surface area contributed by atoms with Gasteiger partial charge in [-0.3, -0.25) is 0 Å². The zero-order chi connectivity index (χ0) is 9.98. The lowest BCUT2D eigenvalue weighted by atomic mass is 9.87. The summed E-state index contributed by atoms with van der Waals surface area (Å²) in [4.78, 5) is 0. The van der Waals surface area contributed by atoms with Crippen LogP contribution >= 0.6 is 0 Å². The zero-order valence-electron chi connectivity index (χ0n) is 9.72. The summed E-state index contributed by atoms with van der Waals surface area (Å²) in [5.74, 6) is 1.74. The second-order valence-electron chi connectivity index (χ2n) is 2.84. The quantitative estimate of drug-likeness (QED) is 0.450. The molecule has 0 aromatic rings. The number of hydrogen-bond acceptors (Lipinski definition) is 0. The maximum Gasteiger partial charge on any atom is -0.0236 e. The molecule has 0 amide bonds. The van der Waals surface area contributed by atoms with Crippen LogP contribution in [0.1, 0.15) is 61.8 Å². The summed E-state index contributed by atoms with van der Waals surface area (Å²) in [6.45, 7) is 12.6. The largest absolute Gasteiger partial charge is 0.0882 e. The van der Waals surface area contributed by atoms with E-state index >= 15 is 0 Å². The third kappa shape index (κ3) is 9.66. The van der Waals surface area contributed by atoms with Crippen molar-refractivity contribution in [3.8, 4) is 0 Å². The maximum absolute atomic E-state index is 2.33. The van der Waals surface area contributed by atoms with E-state index in [2.05, 4.69) is 26.0 Å². The van der Waals surface area contributed by atoms with Crippen molar-refractivity contribution in [1.82, 2.24) is 0 Å². The van der Waals surface area contributed by atoms with E-state index in [4.69, 9.17) is 0 Å². The summed E-state index contributed by atoms with van der Waals surface area (Å²) in [7, 11) is 0. The van der Waals surface area contributed by atoms with Gasteiger partial charge in [-0.25, -0.2) is 0 Å². The Kier molecular flexibility index (Phi) is 20.3. The van der Waals surface area contributed by atoms with Crippen molar-refractivity contribution in [1.29, 1.82) is 0 Å². The number of rotatable bonds is 0. The fourth-order valence-electron chi connectivity index (χ4n) is 1.12. The molecule has 0 saturated carbocycles. The van der Waals surface area contributed by atoms with E-state index in [1.807, 2.05) is 27.7 Å². The van der Waals surface area contributed by atoms with Gasteiger partial charge in [0.15, 0.2) is 0 Å². The van der Waals surface area contributed by atoms with Crippen LogP contribution in [0.25, 0.3) is 0 Å². The highest BCUT2D eigenvalue weighted by atomic mass is 14.2. The maximum atomic E-state index is 2.33. The first-order chi connectivity index (χ1) is 5.80. The molecule has 0 fully saturated rings. The van der Waals surface area contributed by atoms with Gasteiger partial charge in [-0.05, 0) is 24.7 Å². The topological polar surface area (TPSA) is 0 Å². The standard InChI is InChI=1S/C8H14.2C2H6.CH4/c1-7-5-3-4-6-8(7)2;2*1-2;/h3,5,7-8H,4,6H2,1-2H3;2*1-2H3;1H4. The highest BCUT2D eigenvalue weighted by Crippen LogP contribution is 2.22. The zero-order valence-corrected chi connectivity index (χ0v) is 9.72. The summed E-state index contributed by atoms with van der Waals surface area (Å²) in [5, 5.41) is 0. The highest BCUT2D eigenvalue weighted by Gasteiger charge is 2.10. The van der Waals surface area contributed by atoms with Gasteiger partial charge in [0.05, 0.1) is 0 Å². The normalized spacial score (nSPS) is 24.2. The van der Waals surface area contributed by atoms with E-state index in [1.165, 1.54) is 12.8 Å². The van der Waals surface area contributed by atoms with E-state index in [-0.39, 0.29) is 7.43 Å². The van der Waals surface area contributed by atoms with Gasteiger partial charge in [-0.1, -0.05) is 61.1 Å². The molecule has 1 aliphatic rings. The lowest BCUT2D eigenvalue weighted by molar-refractivity contribution is 0.413. The van der Waals surface area contributed by atoms with E-state index in [0.717, 1.165) is 11.8 Å². The van der Waals surface area contributed by atoms with Crippen molar-refractivity contribution in [2.24, 2.45) is 11.8 Å². The minimum Gasteiger partial charge on any atom is -0.0882 e. The van der Waals surface area contributed by atoms with Crippen molar-refractivity contribution in [2.75, 3.05) is 0 Å². The van der Waals surface area contributed by atoms with E-state index in [9.17, 15) is 0 Å². The first-order valence-corrected chi connectivity index (χ1v) is 5.47. The minimum atomic E-state index is 0. The average Bonchev–Trinajstić information content (AvgIpc) is 2.17. The van der Waals surface area contributed by atoms with Gasteiger partial charge in [-0.2, -0.15) is 0 Å². The SMILES string of the molecule is C.CC.CC.CC1C=CCCC1C. The molecule has 0 radical (unpaired) electrons. The molecule has 0 nitrogen and oxygen atoms in total. The van der Waals surface area contributed by atoms with Gasteiger partial charge in [0, 0.05) is 0 Å². The smallest absolute Gasteiger partial charge is 0.0236 e. The molecule has 0 heterocycles. The average molecular weight is 186 g/mol. The van der Waals surface area contributed by atoms with Crippen molar-refractivity contribution in [2.45, 2.75) is 61.8 Å². The predicted molar refractivity (Wildman–Crippen MR) is 66.1 cm³/mol. The molecule has 0 spiro atoms. The fourth-order valence-corrected chi connectivity index (χ4v) is 1.12. The fraction of sp³-hybridized carbons (Fsp3) is 0.846. The van der Waals surface area contributed by atoms with Gasteiger partial charge < -0.3 is 0 Å². The van der Waals surface area contributed by atoms with Crippen LogP contribution in [-0.4, -0.2) is 0 Å². The first kappa shape index (κ1) is 18.5. The van der Waals surface area contributed by atoms with Crippen molar-refractivity contribution >= 4 is 0 Å². The minimum absolute atomic E-state index is 0. The lowest BCUT2D eigenvalue weighted by Gasteiger charge is -2.19. The molecule has 0 heteroatoms.